The minimum absolute atomic E-state index is 0.953. The highest BCUT2D eigenvalue weighted by Crippen LogP contribution is 2.38. The Morgan fingerprint density at radius 3 is 2.17 bits per heavy atom. The number of hydrogen-bond acceptors (Lipinski definition) is 2. The van der Waals surface area contributed by atoms with E-state index in [0.29, 0.717) is 0 Å². The SMILES string of the molecule is c1ccc(CN2C[C@H]3CN(C4CC4)C[C@@H]3C2)cc1. The van der Waals surface area contributed by atoms with Gasteiger partial charge in [0.25, 0.3) is 0 Å². The van der Waals surface area contributed by atoms with Crippen LogP contribution in [-0.2, 0) is 6.54 Å². The number of rotatable bonds is 3. The zero-order valence-corrected chi connectivity index (χ0v) is 11.0. The van der Waals surface area contributed by atoms with Crippen molar-refractivity contribution in [2.75, 3.05) is 26.2 Å². The third-order valence-electron chi connectivity index (χ3n) is 4.90. The zero-order valence-electron chi connectivity index (χ0n) is 11.0. The quantitative estimate of drug-likeness (QED) is 0.802. The molecule has 0 unspecified atom stereocenters. The van der Waals surface area contributed by atoms with Crippen molar-refractivity contribution in [2.45, 2.75) is 25.4 Å². The molecule has 2 heteroatoms. The van der Waals surface area contributed by atoms with Crippen LogP contribution in [0.2, 0.25) is 0 Å². The van der Waals surface area contributed by atoms with Gasteiger partial charge in [-0.25, -0.2) is 0 Å². The largest absolute Gasteiger partial charge is 0.300 e. The smallest absolute Gasteiger partial charge is 0.0233 e. The highest BCUT2D eigenvalue weighted by molar-refractivity contribution is 5.15. The van der Waals surface area contributed by atoms with Crippen LogP contribution in [0.3, 0.4) is 0 Å². The summed E-state index contributed by atoms with van der Waals surface area (Å²) in [7, 11) is 0. The molecular weight excluding hydrogens is 220 g/mol. The van der Waals surface area contributed by atoms with Gasteiger partial charge in [0.05, 0.1) is 0 Å². The van der Waals surface area contributed by atoms with Gasteiger partial charge in [-0.1, -0.05) is 30.3 Å². The summed E-state index contributed by atoms with van der Waals surface area (Å²) in [6.45, 7) is 6.55. The average molecular weight is 242 g/mol. The molecule has 2 heterocycles. The monoisotopic (exact) mass is 242 g/mol. The lowest BCUT2D eigenvalue weighted by molar-refractivity contribution is 0.245. The van der Waals surface area contributed by atoms with Gasteiger partial charge in [-0.05, 0) is 30.2 Å². The summed E-state index contributed by atoms with van der Waals surface area (Å²) in [5, 5.41) is 0. The Kier molecular flexibility index (Phi) is 2.66. The molecule has 1 aromatic rings. The van der Waals surface area contributed by atoms with Crippen LogP contribution >= 0.6 is 0 Å². The Hall–Kier alpha value is -0.860. The Labute approximate surface area is 110 Å². The minimum Gasteiger partial charge on any atom is -0.300 e. The second-order valence-electron chi connectivity index (χ2n) is 6.38. The van der Waals surface area contributed by atoms with Crippen molar-refractivity contribution in [3.05, 3.63) is 35.9 Å². The first-order chi connectivity index (χ1) is 8.88. The summed E-state index contributed by atoms with van der Waals surface area (Å²) < 4.78 is 0. The number of nitrogens with zero attached hydrogens (tertiary/aromatic N) is 2. The molecule has 3 aliphatic rings. The molecule has 0 bridgehead atoms. The van der Waals surface area contributed by atoms with E-state index in [9.17, 15) is 0 Å². The van der Waals surface area contributed by atoms with Crippen molar-refractivity contribution in [3.8, 4) is 0 Å². The lowest BCUT2D eigenvalue weighted by Crippen LogP contribution is -2.29. The summed E-state index contributed by atoms with van der Waals surface area (Å²) in [4.78, 5) is 5.42. The van der Waals surface area contributed by atoms with Crippen LogP contribution < -0.4 is 0 Å². The van der Waals surface area contributed by atoms with Crippen molar-refractivity contribution >= 4 is 0 Å². The van der Waals surface area contributed by atoms with E-state index >= 15 is 0 Å². The first-order valence-corrected chi connectivity index (χ1v) is 7.39. The van der Waals surface area contributed by atoms with Gasteiger partial charge >= 0.3 is 0 Å². The normalized spacial score (nSPS) is 32.9. The maximum atomic E-state index is 2.76. The van der Waals surface area contributed by atoms with E-state index in [1.54, 1.807) is 0 Å². The Morgan fingerprint density at radius 1 is 0.889 bits per heavy atom. The molecule has 2 aliphatic heterocycles. The summed E-state index contributed by atoms with van der Waals surface area (Å²) >= 11 is 0. The van der Waals surface area contributed by atoms with Gasteiger partial charge in [-0.3, -0.25) is 9.80 Å². The molecule has 3 fully saturated rings. The topological polar surface area (TPSA) is 6.48 Å². The van der Waals surface area contributed by atoms with Crippen LogP contribution in [0.1, 0.15) is 18.4 Å². The van der Waals surface area contributed by atoms with Gasteiger partial charge in [0.15, 0.2) is 0 Å². The third kappa shape index (κ3) is 2.08. The second kappa shape index (κ2) is 4.36. The van der Waals surface area contributed by atoms with Crippen molar-refractivity contribution in [2.24, 2.45) is 11.8 Å². The van der Waals surface area contributed by atoms with Gasteiger partial charge < -0.3 is 0 Å². The Balaban J connectivity index is 1.35. The molecule has 18 heavy (non-hydrogen) atoms. The molecule has 2 nitrogen and oxygen atoms in total. The van der Waals surface area contributed by atoms with Crippen LogP contribution in [0.5, 0.6) is 0 Å². The fraction of sp³-hybridized carbons (Fsp3) is 0.625. The van der Waals surface area contributed by atoms with Gasteiger partial charge in [-0.2, -0.15) is 0 Å². The van der Waals surface area contributed by atoms with Gasteiger partial charge in [0, 0.05) is 38.8 Å². The molecule has 1 aromatic carbocycles. The lowest BCUT2D eigenvalue weighted by Gasteiger charge is -2.21. The van der Waals surface area contributed by atoms with Crippen LogP contribution in [0.25, 0.3) is 0 Å². The molecule has 1 aliphatic carbocycles. The molecule has 96 valence electrons. The molecule has 0 spiro atoms. The number of likely N-dealkylation sites (tertiary alicyclic amines) is 2. The standard InChI is InChI=1S/C16H22N2/c1-2-4-13(5-3-1)8-17-9-14-11-18(16-6-7-16)12-15(14)10-17/h1-5,14-16H,6-12H2/t14-,15-/m0/s1. The Morgan fingerprint density at radius 2 is 1.56 bits per heavy atom. The molecular formula is C16H22N2. The van der Waals surface area contributed by atoms with E-state index in [-0.39, 0.29) is 0 Å². The van der Waals surface area contributed by atoms with Gasteiger partial charge in [0.2, 0.25) is 0 Å². The predicted molar refractivity (Wildman–Crippen MR) is 73.3 cm³/mol. The highest BCUT2D eigenvalue weighted by atomic mass is 15.3. The molecule has 2 atom stereocenters. The Bertz CT molecular complexity index is 398. The minimum atomic E-state index is 0.953. The zero-order chi connectivity index (χ0) is 11.9. The van der Waals surface area contributed by atoms with E-state index in [1.807, 2.05) is 0 Å². The van der Waals surface area contributed by atoms with Crippen LogP contribution in [0.4, 0.5) is 0 Å². The highest BCUT2D eigenvalue weighted by Gasteiger charge is 2.43. The number of hydrogen-bond donors (Lipinski definition) is 0. The fourth-order valence-corrected chi connectivity index (χ4v) is 3.84. The van der Waals surface area contributed by atoms with Crippen LogP contribution in [-0.4, -0.2) is 42.0 Å². The van der Waals surface area contributed by atoms with Crippen molar-refractivity contribution in [1.29, 1.82) is 0 Å². The molecule has 0 N–H and O–H groups in total. The molecule has 4 rings (SSSR count). The van der Waals surface area contributed by atoms with Crippen molar-refractivity contribution in [1.82, 2.24) is 9.80 Å². The maximum Gasteiger partial charge on any atom is 0.0233 e. The van der Waals surface area contributed by atoms with E-state index in [0.717, 1.165) is 24.4 Å². The molecule has 0 amide bonds. The van der Waals surface area contributed by atoms with Gasteiger partial charge in [-0.15, -0.1) is 0 Å². The average Bonchev–Trinajstić information content (AvgIpc) is 3.05. The van der Waals surface area contributed by atoms with Crippen molar-refractivity contribution < 1.29 is 0 Å². The fourth-order valence-electron chi connectivity index (χ4n) is 3.84. The number of fused-ring (bicyclic) bond motifs is 1. The summed E-state index contributed by atoms with van der Waals surface area (Å²) in [6.07, 6.45) is 2.93. The van der Waals surface area contributed by atoms with Crippen molar-refractivity contribution in [3.63, 3.8) is 0 Å². The molecule has 0 radical (unpaired) electrons. The first-order valence-electron chi connectivity index (χ1n) is 7.39. The molecule has 0 aromatic heterocycles. The van der Waals surface area contributed by atoms with E-state index < -0.39 is 0 Å². The first kappa shape index (κ1) is 11.0. The summed E-state index contributed by atoms with van der Waals surface area (Å²) in [5.41, 5.74) is 1.47. The van der Waals surface area contributed by atoms with Crippen LogP contribution in [0.15, 0.2) is 30.3 Å². The second-order valence-corrected chi connectivity index (χ2v) is 6.38. The lowest BCUT2D eigenvalue weighted by atomic mass is 10.0. The van der Waals surface area contributed by atoms with E-state index in [1.165, 1.54) is 44.6 Å². The summed E-state index contributed by atoms with van der Waals surface area (Å²) in [6, 6.07) is 11.9. The van der Waals surface area contributed by atoms with Crippen LogP contribution in [0, 0.1) is 11.8 Å². The van der Waals surface area contributed by atoms with E-state index in [2.05, 4.69) is 40.1 Å². The van der Waals surface area contributed by atoms with Gasteiger partial charge in [0.1, 0.15) is 0 Å². The molecule has 1 saturated carbocycles. The predicted octanol–water partition coefficient (Wildman–Crippen LogP) is 2.21. The summed E-state index contributed by atoms with van der Waals surface area (Å²) in [5.74, 6) is 1.91. The maximum absolute atomic E-state index is 2.76. The van der Waals surface area contributed by atoms with E-state index in [4.69, 9.17) is 0 Å². The third-order valence-corrected chi connectivity index (χ3v) is 4.90. The molecule has 2 saturated heterocycles. The number of benzene rings is 1.